The minimum absolute atomic E-state index is 0.0873. The first kappa shape index (κ1) is 18.1. The van der Waals surface area contributed by atoms with Gasteiger partial charge in [-0.25, -0.2) is 15.0 Å². The predicted octanol–water partition coefficient (Wildman–Crippen LogP) is 2.57. The first-order chi connectivity index (χ1) is 13.2. The molecule has 0 radical (unpaired) electrons. The molecule has 2 aromatic heterocycles. The van der Waals surface area contributed by atoms with E-state index in [1.165, 1.54) is 12.4 Å². The van der Waals surface area contributed by atoms with Crippen LogP contribution < -0.4 is 20.5 Å². The molecule has 1 amide bonds. The number of carbonyl (C=O) groups is 1. The van der Waals surface area contributed by atoms with Gasteiger partial charge in [0.05, 0.1) is 6.61 Å². The summed E-state index contributed by atoms with van der Waals surface area (Å²) in [5, 5.41) is 2.75. The molecule has 0 unspecified atom stereocenters. The van der Waals surface area contributed by atoms with E-state index in [4.69, 9.17) is 15.2 Å². The molecule has 0 saturated heterocycles. The molecule has 0 fully saturated rings. The van der Waals surface area contributed by atoms with Crippen LogP contribution in [0, 0.1) is 0 Å². The molecule has 0 aliphatic rings. The Morgan fingerprint density at radius 2 is 1.78 bits per heavy atom. The lowest BCUT2D eigenvalue weighted by atomic mass is 10.2. The zero-order valence-corrected chi connectivity index (χ0v) is 14.8. The van der Waals surface area contributed by atoms with E-state index in [-0.39, 0.29) is 18.1 Å². The molecule has 0 bridgehead atoms. The van der Waals surface area contributed by atoms with Gasteiger partial charge in [-0.3, -0.25) is 4.79 Å². The number of anilines is 1. The molecule has 3 aromatic rings. The summed E-state index contributed by atoms with van der Waals surface area (Å²) >= 11 is 0. The molecule has 0 spiro atoms. The molecule has 138 valence electrons. The minimum Gasteiger partial charge on any atom is -0.494 e. The number of rotatable bonds is 7. The summed E-state index contributed by atoms with van der Waals surface area (Å²) in [6.07, 6.45) is 4.46. The summed E-state index contributed by atoms with van der Waals surface area (Å²) in [7, 11) is 0. The Morgan fingerprint density at radius 3 is 2.52 bits per heavy atom. The van der Waals surface area contributed by atoms with E-state index < -0.39 is 5.91 Å². The number of carbonyl (C=O) groups excluding carboxylic acids is 1. The van der Waals surface area contributed by atoms with Crippen molar-refractivity contribution in [3.05, 3.63) is 66.2 Å². The second-order valence-corrected chi connectivity index (χ2v) is 5.48. The number of nitrogens with zero attached hydrogens (tertiary/aromatic N) is 3. The van der Waals surface area contributed by atoms with Crippen LogP contribution in [0.5, 0.6) is 17.4 Å². The number of nitrogens with two attached hydrogens (primary N) is 1. The Labute approximate surface area is 156 Å². The second-order valence-electron chi connectivity index (χ2n) is 5.48. The van der Waals surface area contributed by atoms with Crippen LogP contribution in [0.25, 0.3) is 0 Å². The van der Waals surface area contributed by atoms with Gasteiger partial charge < -0.3 is 20.5 Å². The second kappa shape index (κ2) is 8.61. The molecular weight excluding hydrogens is 346 g/mol. The molecule has 0 atom stereocenters. The standard InChI is InChI=1S/C19H19N5O3/c1-2-26-14-3-5-15(6-4-14)27-16-11-13(7-8-21-16)12-24-19(25)17-18(20)23-10-9-22-17/h3-11H,2,12H2,1H3,(H2,20,23)(H,24,25). The third-order valence-electron chi connectivity index (χ3n) is 3.55. The number of amides is 1. The number of nitrogens with one attached hydrogen (secondary N) is 1. The van der Waals surface area contributed by atoms with Crippen LogP contribution >= 0.6 is 0 Å². The molecular formula is C19H19N5O3. The largest absolute Gasteiger partial charge is 0.494 e. The van der Waals surface area contributed by atoms with Crippen LogP contribution in [-0.4, -0.2) is 27.5 Å². The van der Waals surface area contributed by atoms with Gasteiger partial charge in [0.2, 0.25) is 5.88 Å². The van der Waals surface area contributed by atoms with E-state index in [0.29, 0.717) is 18.2 Å². The molecule has 0 aliphatic carbocycles. The van der Waals surface area contributed by atoms with Gasteiger partial charge in [-0.05, 0) is 42.8 Å². The lowest BCUT2D eigenvalue weighted by Crippen LogP contribution is -2.25. The van der Waals surface area contributed by atoms with Crippen LogP contribution in [0.4, 0.5) is 5.82 Å². The third kappa shape index (κ3) is 4.91. The van der Waals surface area contributed by atoms with Gasteiger partial charge >= 0.3 is 0 Å². The smallest absolute Gasteiger partial charge is 0.273 e. The Kier molecular flexibility index (Phi) is 5.78. The number of hydrogen-bond donors (Lipinski definition) is 2. The highest BCUT2D eigenvalue weighted by atomic mass is 16.5. The molecule has 1 aromatic carbocycles. The highest BCUT2D eigenvalue weighted by molar-refractivity contribution is 5.96. The molecule has 8 heteroatoms. The van der Waals surface area contributed by atoms with Crippen LogP contribution in [0.3, 0.4) is 0 Å². The topological polar surface area (TPSA) is 112 Å². The fourth-order valence-corrected chi connectivity index (χ4v) is 2.30. The number of benzene rings is 1. The molecule has 3 N–H and O–H groups in total. The van der Waals surface area contributed by atoms with Crippen molar-refractivity contribution in [3.63, 3.8) is 0 Å². The Bertz CT molecular complexity index is 915. The van der Waals surface area contributed by atoms with Gasteiger partial charge in [-0.15, -0.1) is 0 Å². The van der Waals surface area contributed by atoms with Gasteiger partial charge in [0.25, 0.3) is 5.91 Å². The first-order valence-corrected chi connectivity index (χ1v) is 8.36. The molecule has 2 heterocycles. The summed E-state index contributed by atoms with van der Waals surface area (Å²) in [5.74, 6) is 1.53. The lowest BCUT2D eigenvalue weighted by Gasteiger charge is -2.09. The van der Waals surface area contributed by atoms with Crippen molar-refractivity contribution in [2.24, 2.45) is 0 Å². The van der Waals surface area contributed by atoms with Crippen LogP contribution in [-0.2, 0) is 6.54 Å². The third-order valence-corrected chi connectivity index (χ3v) is 3.55. The van der Waals surface area contributed by atoms with Crippen molar-refractivity contribution >= 4 is 11.7 Å². The molecule has 27 heavy (non-hydrogen) atoms. The fraction of sp³-hybridized carbons (Fsp3) is 0.158. The quantitative estimate of drug-likeness (QED) is 0.662. The van der Waals surface area contributed by atoms with E-state index in [0.717, 1.165) is 11.3 Å². The zero-order chi connectivity index (χ0) is 19.1. The SMILES string of the molecule is CCOc1ccc(Oc2cc(CNC(=O)c3nccnc3N)ccn2)cc1. The maximum atomic E-state index is 12.1. The van der Waals surface area contributed by atoms with Crippen molar-refractivity contribution in [3.8, 4) is 17.4 Å². The van der Waals surface area contributed by atoms with E-state index >= 15 is 0 Å². The number of pyridine rings is 1. The van der Waals surface area contributed by atoms with Crippen molar-refractivity contribution in [1.29, 1.82) is 0 Å². The van der Waals surface area contributed by atoms with E-state index in [1.807, 2.05) is 19.1 Å². The first-order valence-electron chi connectivity index (χ1n) is 8.36. The molecule has 0 aliphatic heterocycles. The molecule has 8 nitrogen and oxygen atoms in total. The summed E-state index contributed by atoms with van der Waals surface area (Å²) in [4.78, 5) is 24.1. The number of aromatic nitrogens is 3. The Balaban J connectivity index is 1.61. The zero-order valence-electron chi connectivity index (χ0n) is 14.8. The van der Waals surface area contributed by atoms with Crippen LogP contribution in [0.2, 0.25) is 0 Å². The number of hydrogen-bond acceptors (Lipinski definition) is 7. The van der Waals surface area contributed by atoms with Gasteiger partial charge in [-0.1, -0.05) is 0 Å². The average Bonchev–Trinajstić information content (AvgIpc) is 2.68. The van der Waals surface area contributed by atoms with Gasteiger partial charge in [0.15, 0.2) is 11.5 Å². The average molecular weight is 365 g/mol. The van der Waals surface area contributed by atoms with E-state index in [9.17, 15) is 4.79 Å². The highest BCUT2D eigenvalue weighted by Crippen LogP contribution is 2.23. The van der Waals surface area contributed by atoms with Crippen molar-refractivity contribution < 1.29 is 14.3 Å². The number of ether oxygens (including phenoxy) is 2. The van der Waals surface area contributed by atoms with E-state index in [1.54, 1.807) is 30.5 Å². The van der Waals surface area contributed by atoms with Gasteiger partial charge in [0, 0.05) is 31.2 Å². The summed E-state index contributed by atoms with van der Waals surface area (Å²) < 4.78 is 11.1. The fourth-order valence-electron chi connectivity index (χ4n) is 2.30. The Morgan fingerprint density at radius 1 is 1.04 bits per heavy atom. The van der Waals surface area contributed by atoms with Crippen molar-refractivity contribution in [2.75, 3.05) is 12.3 Å². The maximum absolute atomic E-state index is 12.1. The molecule has 3 rings (SSSR count). The monoisotopic (exact) mass is 365 g/mol. The normalized spacial score (nSPS) is 10.3. The van der Waals surface area contributed by atoms with Crippen LogP contribution in [0.15, 0.2) is 55.0 Å². The molecule has 0 saturated carbocycles. The van der Waals surface area contributed by atoms with Gasteiger partial charge in [0.1, 0.15) is 11.5 Å². The van der Waals surface area contributed by atoms with Crippen LogP contribution in [0.1, 0.15) is 23.0 Å². The summed E-state index contributed by atoms with van der Waals surface area (Å²) in [6, 6.07) is 10.8. The predicted molar refractivity (Wildman–Crippen MR) is 99.5 cm³/mol. The summed E-state index contributed by atoms with van der Waals surface area (Å²) in [6.45, 7) is 2.81. The van der Waals surface area contributed by atoms with Crippen molar-refractivity contribution in [1.82, 2.24) is 20.3 Å². The highest BCUT2D eigenvalue weighted by Gasteiger charge is 2.11. The number of nitrogen functional groups attached to an aromatic ring is 1. The minimum atomic E-state index is -0.397. The lowest BCUT2D eigenvalue weighted by molar-refractivity contribution is 0.0946. The van der Waals surface area contributed by atoms with Gasteiger partial charge in [-0.2, -0.15) is 0 Å². The van der Waals surface area contributed by atoms with Crippen molar-refractivity contribution in [2.45, 2.75) is 13.5 Å². The van der Waals surface area contributed by atoms with E-state index in [2.05, 4.69) is 20.3 Å². The maximum Gasteiger partial charge on any atom is 0.273 e. The Hall–Kier alpha value is -3.68. The summed E-state index contributed by atoms with van der Waals surface area (Å²) in [5.41, 5.74) is 6.57.